The molecule has 1 fully saturated rings. The number of hydrogen-bond acceptors (Lipinski definition) is 8. The molecule has 11 heteroatoms. The second-order valence-electron chi connectivity index (χ2n) is 7.35. The normalized spacial score (nSPS) is 14.7. The summed E-state index contributed by atoms with van der Waals surface area (Å²) in [6.07, 6.45) is 0. The summed E-state index contributed by atoms with van der Waals surface area (Å²) in [6, 6.07) is 13.3. The highest BCUT2D eigenvalue weighted by Gasteiger charge is 2.28. The van der Waals surface area contributed by atoms with E-state index in [4.69, 9.17) is 14.0 Å². The molecule has 1 aromatic heterocycles. The summed E-state index contributed by atoms with van der Waals surface area (Å²) in [5.74, 6) is 1.12. The van der Waals surface area contributed by atoms with Gasteiger partial charge < -0.3 is 19.3 Å². The van der Waals surface area contributed by atoms with Crippen LogP contribution >= 0.6 is 0 Å². The van der Waals surface area contributed by atoms with Gasteiger partial charge in [-0.25, -0.2) is 8.42 Å². The van der Waals surface area contributed by atoms with Gasteiger partial charge in [0.1, 0.15) is 5.75 Å². The van der Waals surface area contributed by atoms with Crippen LogP contribution in [-0.2, 0) is 27.9 Å². The van der Waals surface area contributed by atoms with Crippen LogP contribution in [0.25, 0.3) is 0 Å². The minimum atomic E-state index is -3.67. The number of sulfonamides is 1. The number of morpholine rings is 1. The third-order valence-corrected chi connectivity index (χ3v) is 7.05. The number of benzene rings is 2. The number of amides is 1. The van der Waals surface area contributed by atoms with E-state index >= 15 is 0 Å². The van der Waals surface area contributed by atoms with E-state index in [9.17, 15) is 13.2 Å². The van der Waals surface area contributed by atoms with Crippen LogP contribution in [0.3, 0.4) is 0 Å². The predicted octanol–water partition coefficient (Wildman–Crippen LogP) is 1.91. The third-order valence-electron chi connectivity index (χ3n) is 5.05. The lowest BCUT2D eigenvalue weighted by atomic mass is 10.2. The number of nitrogens with zero attached hydrogens (tertiary/aromatic N) is 3. The minimum Gasteiger partial charge on any atom is -0.485 e. The van der Waals surface area contributed by atoms with Crippen molar-refractivity contribution in [1.29, 1.82) is 0 Å². The van der Waals surface area contributed by atoms with Gasteiger partial charge in [0.05, 0.1) is 18.1 Å². The second kappa shape index (κ2) is 10.1. The molecule has 1 aliphatic rings. The van der Waals surface area contributed by atoms with Crippen molar-refractivity contribution < 1.29 is 27.2 Å². The van der Waals surface area contributed by atoms with Crippen LogP contribution in [0, 0.1) is 6.92 Å². The topological polar surface area (TPSA) is 124 Å². The van der Waals surface area contributed by atoms with Crippen molar-refractivity contribution in [3.05, 3.63) is 71.4 Å². The van der Waals surface area contributed by atoms with Crippen molar-refractivity contribution >= 4 is 15.9 Å². The fourth-order valence-corrected chi connectivity index (χ4v) is 4.99. The molecule has 1 amide bonds. The van der Waals surface area contributed by atoms with Gasteiger partial charge in [0, 0.05) is 32.1 Å². The lowest BCUT2D eigenvalue weighted by Crippen LogP contribution is -2.41. The Morgan fingerprint density at radius 3 is 2.55 bits per heavy atom. The number of carbonyl (C=O) groups excluding carboxylic acids is 1. The first-order valence-corrected chi connectivity index (χ1v) is 11.8. The van der Waals surface area contributed by atoms with Gasteiger partial charge in [-0.05, 0) is 35.9 Å². The molecule has 1 aliphatic heterocycles. The molecular weight excluding hydrogens is 448 g/mol. The maximum Gasteiger partial charge on any atom is 0.251 e. The highest BCUT2D eigenvalue weighted by atomic mass is 32.2. The number of carbonyl (C=O) groups is 1. The molecule has 33 heavy (non-hydrogen) atoms. The molecule has 1 saturated heterocycles. The summed E-state index contributed by atoms with van der Waals surface area (Å²) >= 11 is 0. The molecule has 4 rings (SSSR count). The Kier molecular flexibility index (Phi) is 7.02. The second-order valence-corrected chi connectivity index (χ2v) is 9.26. The molecule has 2 aromatic carbocycles. The molecule has 0 saturated carbocycles. The van der Waals surface area contributed by atoms with Crippen molar-refractivity contribution in [2.24, 2.45) is 0 Å². The minimum absolute atomic E-state index is 0.0774. The Morgan fingerprint density at radius 1 is 1.12 bits per heavy atom. The molecule has 0 unspecified atom stereocenters. The van der Waals surface area contributed by atoms with Gasteiger partial charge in [-0.15, -0.1) is 0 Å². The number of rotatable bonds is 8. The molecule has 0 radical (unpaired) electrons. The van der Waals surface area contributed by atoms with E-state index in [1.807, 2.05) is 0 Å². The molecule has 0 aliphatic carbocycles. The fraction of sp³-hybridized carbons (Fsp3) is 0.318. The van der Waals surface area contributed by atoms with Gasteiger partial charge in [-0.3, -0.25) is 4.79 Å². The van der Waals surface area contributed by atoms with Crippen molar-refractivity contribution in [3.63, 3.8) is 0 Å². The lowest BCUT2D eigenvalue weighted by Gasteiger charge is -2.27. The smallest absolute Gasteiger partial charge is 0.251 e. The molecular formula is C22H24N4O6S. The van der Waals surface area contributed by atoms with Crippen molar-refractivity contribution in [2.45, 2.75) is 25.0 Å². The maximum absolute atomic E-state index is 13.1. The Bertz CT molecular complexity index is 1200. The number of nitrogens with one attached hydrogen (secondary N) is 1. The van der Waals surface area contributed by atoms with Gasteiger partial charge in [0.15, 0.2) is 6.61 Å². The third kappa shape index (κ3) is 5.56. The summed E-state index contributed by atoms with van der Waals surface area (Å²) in [4.78, 5) is 16.9. The Labute approximate surface area is 191 Å². The Balaban J connectivity index is 1.38. The van der Waals surface area contributed by atoms with Crippen molar-refractivity contribution in [2.75, 3.05) is 26.3 Å². The van der Waals surface area contributed by atoms with Crippen LogP contribution in [0.5, 0.6) is 5.75 Å². The Morgan fingerprint density at radius 2 is 1.85 bits per heavy atom. The molecule has 0 atom stereocenters. The van der Waals surface area contributed by atoms with Crippen molar-refractivity contribution in [3.8, 4) is 5.75 Å². The van der Waals surface area contributed by atoms with Crippen LogP contribution in [-0.4, -0.2) is 55.1 Å². The van der Waals surface area contributed by atoms with Gasteiger partial charge in [-0.2, -0.15) is 9.29 Å². The van der Waals surface area contributed by atoms with Crippen LogP contribution in [0.15, 0.2) is 57.9 Å². The average molecular weight is 473 g/mol. The summed E-state index contributed by atoms with van der Waals surface area (Å²) in [7, 11) is -3.67. The van der Waals surface area contributed by atoms with Crippen LogP contribution < -0.4 is 10.1 Å². The molecule has 3 aromatic rings. The summed E-state index contributed by atoms with van der Waals surface area (Å²) in [6.45, 7) is 3.28. The Hall–Kier alpha value is -3.28. The maximum atomic E-state index is 13.1. The predicted molar refractivity (Wildman–Crippen MR) is 117 cm³/mol. The molecule has 2 heterocycles. The highest BCUT2D eigenvalue weighted by molar-refractivity contribution is 7.89. The van der Waals surface area contributed by atoms with Crippen LogP contribution in [0.4, 0.5) is 0 Å². The largest absolute Gasteiger partial charge is 0.485 e. The summed E-state index contributed by atoms with van der Waals surface area (Å²) in [5, 5.41) is 6.55. The van der Waals surface area contributed by atoms with Gasteiger partial charge in [0.25, 0.3) is 5.91 Å². The van der Waals surface area contributed by atoms with E-state index in [1.165, 1.54) is 4.31 Å². The average Bonchev–Trinajstić information content (AvgIpc) is 3.27. The molecule has 174 valence electrons. The van der Waals surface area contributed by atoms with Gasteiger partial charge in [-0.1, -0.05) is 23.4 Å². The molecule has 0 bridgehead atoms. The van der Waals surface area contributed by atoms with Gasteiger partial charge in [0.2, 0.25) is 21.7 Å². The number of aromatic nitrogens is 2. The molecule has 10 nitrogen and oxygen atoms in total. The summed E-state index contributed by atoms with van der Waals surface area (Å²) < 4.78 is 43.2. The SMILES string of the molecule is Cc1nc(COc2ccc(C(=O)NCc3ccccc3S(=O)(=O)N3CCOCC3)cc2)no1. The monoisotopic (exact) mass is 472 g/mol. The summed E-state index contributed by atoms with van der Waals surface area (Å²) in [5.41, 5.74) is 0.943. The van der Waals surface area contributed by atoms with E-state index in [0.29, 0.717) is 54.9 Å². The van der Waals surface area contributed by atoms with E-state index in [0.717, 1.165) is 0 Å². The lowest BCUT2D eigenvalue weighted by molar-refractivity contribution is 0.0730. The first kappa shape index (κ1) is 22.9. The zero-order chi connectivity index (χ0) is 23.3. The van der Waals surface area contributed by atoms with E-state index in [2.05, 4.69) is 15.5 Å². The first-order valence-electron chi connectivity index (χ1n) is 10.4. The number of ether oxygens (including phenoxy) is 2. The fourth-order valence-electron chi connectivity index (χ4n) is 3.36. The highest BCUT2D eigenvalue weighted by Crippen LogP contribution is 2.21. The van der Waals surface area contributed by atoms with Gasteiger partial charge >= 0.3 is 0 Å². The molecule has 0 spiro atoms. The first-order chi connectivity index (χ1) is 15.9. The van der Waals surface area contributed by atoms with E-state index in [1.54, 1.807) is 55.5 Å². The van der Waals surface area contributed by atoms with E-state index < -0.39 is 10.0 Å². The zero-order valence-corrected chi connectivity index (χ0v) is 18.9. The number of aryl methyl sites for hydroxylation is 1. The molecule has 1 N–H and O–H groups in total. The number of hydrogen-bond donors (Lipinski definition) is 1. The zero-order valence-electron chi connectivity index (χ0n) is 18.1. The van der Waals surface area contributed by atoms with Crippen LogP contribution in [0.2, 0.25) is 0 Å². The standard InChI is InChI=1S/C22H24N4O6S/c1-16-24-21(25-32-16)15-31-19-8-6-17(7-9-19)22(27)23-14-18-4-2-3-5-20(18)33(28,29)26-10-12-30-13-11-26/h2-9H,10-15H2,1H3,(H,23,27). The quantitative estimate of drug-likeness (QED) is 0.527. The van der Waals surface area contributed by atoms with Crippen LogP contribution in [0.1, 0.15) is 27.6 Å². The van der Waals surface area contributed by atoms with Crippen molar-refractivity contribution in [1.82, 2.24) is 19.8 Å². The van der Waals surface area contributed by atoms with E-state index in [-0.39, 0.29) is 24.0 Å².